The molecule has 1 heterocycles. The summed E-state index contributed by atoms with van der Waals surface area (Å²) in [6, 6.07) is 18.6. The molecule has 3 rings (SSSR count). The summed E-state index contributed by atoms with van der Waals surface area (Å²) < 4.78 is 0. The molecule has 106 valence electrons. The van der Waals surface area contributed by atoms with Crippen molar-refractivity contribution >= 4 is 16.6 Å². The van der Waals surface area contributed by atoms with E-state index < -0.39 is 0 Å². The van der Waals surface area contributed by atoms with E-state index in [2.05, 4.69) is 51.1 Å². The van der Waals surface area contributed by atoms with E-state index in [1.54, 1.807) is 0 Å². The molecule has 2 N–H and O–H groups in total. The minimum absolute atomic E-state index is 0.000408. The van der Waals surface area contributed by atoms with Gasteiger partial charge in [-0.25, -0.2) is 0 Å². The van der Waals surface area contributed by atoms with Crippen LogP contribution in [-0.2, 0) is 5.41 Å². The van der Waals surface area contributed by atoms with E-state index in [1.807, 2.05) is 24.3 Å². The summed E-state index contributed by atoms with van der Waals surface area (Å²) in [5.74, 6) is 0. The Morgan fingerprint density at radius 3 is 2.24 bits per heavy atom. The fraction of sp³-hybridized carbons (Fsp3) is 0.211. The average molecular weight is 276 g/mol. The summed E-state index contributed by atoms with van der Waals surface area (Å²) in [6.07, 6.45) is 0. The van der Waals surface area contributed by atoms with Gasteiger partial charge in [0.1, 0.15) is 0 Å². The number of nitrogen functional groups attached to an aromatic ring is 1. The molecule has 0 unspecified atom stereocenters. The van der Waals surface area contributed by atoms with Crippen LogP contribution in [0.25, 0.3) is 22.0 Å². The van der Waals surface area contributed by atoms with Crippen molar-refractivity contribution in [3.05, 3.63) is 60.3 Å². The quantitative estimate of drug-likeness (QED) is 0.694. The minimum atomic E-state index is 0.000408. The van der Waals surface area contributed by atoms with Crippen LogP contribution >= 0.6 is 0 Å². The van der Waals surface area contributed by atoms with Gasteiger partial charge in [0.05, 0.1) is 5.52 Å². The Balaban J connectivity index is 2.18. The zero-order valence-corrected chi connectivity index (χ0v) is 12.7. The molecule has 3 aromatic rings. The van der Waals surface area contributed by atoms with Crippen LogP contribution in [0.15, 0.2) is 54.6 Å². The van der Waals surface area contributed by atoms with Crippen LogP contribution in [0.2, 0.25) is 0 Å². The number of nitrogens with zero attached hydrogens (tertiary/aromatic N) is 1. The SMILES string of the molecule is CC(C)(C)c1cc(N)c2cc(-c3ccccc3)ccc2n1. The Morgan fingerprint density at radius 1 is 0.857 bits per heavy atom. The first-order valence-corrected chi connectivity index (χ1v) is 7.21. The van der Waals surface area contributed by atoms with Crippen LogP contribution in [-0.4, -0.2) is 4.98 Å². The van der Waals surface area contributed by atoms with E-state index in [9.17, 15) is 0 Å². The molecule has 2 heteroatoms. The first kappa shape index (κ1) is 13.6. The molecular formula is C19H20N2. The van der Waals surface area contributed by atoms with Crippen molar-refractivity contribution in [1.82, 2.24) is 4.98 Å². The highest BCUT2D eigenvalue weighted by Gasteiger charge is 2.17. The van der Waals surface area contributed by atoms with Gasteiger partial charge < -0.3 is 5.73 Å². The van der Waals surface area contributed by atoms with Gasteiger partial charge in [-0.15, -0.1) is 0 Å². The normalized spacial score (nSPS) is 11.8. The Morgan fingerprint density at radius 2 is 1.57 bits per heavy atom. The number of pyridine rings is 1. The second kappa shape index (κ2) is 4.88. The molecule has 0 radical (unpaired) electrons. The lowest BCUT2D eigenvalue weighted by Gasteiger charge is -2.19. The van der Waals surface area contributed by atoms with Crippen molar-refractivity contribution in [2.75, 3.05) is 5.73 Å². The van der Waals surface area contributed by atoms with Crippen molar-refractivity contribution in [1.29, 1.82) is 0 Å². The third-order valence-corrected chi connectivity index (χ3v) is 3.72. The van der Waals surface area contributed by atoms with Gasteiger partial charge in [-0.05, 0) is 29.3 Å². The van der Waals surface area contributed by atoms with Crippen molar-refractivity contribution in [3.8, 4) is 11.1 Å². The molecule has 0 atom stereocenters. The number of benzene rings is 2. The van der Waals surface area contributed by atoms with Crippen LogP contribution in [0.5, 0.6) is 0 Å². The van der Waals surface area contributed by atoms with Gasteiger partial charge in [-0.1, -0.05) is 57.2 Å². The average Bonchev–Trinajstić information content (AvgIpc) is 2.47. The Bertz CT molecular complexity index is 784. The highest BCUT2D eigenvalue weighted by atomic mass is 14.7. The second-order valence-electron chi connectivity index (χ2n) is 6.44. The molecule has 2 aromatic carbocycles. The number of hydrogen-bond donors (Lipinski definition) is 1. The first-order valence-electron chi connectivity index (χ1n) is 7.21. The number of rotatable bonds is 1. The standard InChI is InChI=1S/C19H20N2/c1-19(2,3)18-12-16(20)15-11-14(9-10-17(15)21-18)13-7-5-4-6-8-13/h4-12H,1-3H3,(H2,20,21). The predicted octanol–water partition coefficient (Wildman–Crippen LogP) is 4.78. The molecule has 0 aliphatic carbocycles. The summed E-state index contributed by atoms with van der Waals surface area (Å²) in [5, 5.41) is 1.02. The van der Waals surface area contributed by atoms with E-state index in [-0.39, 0.29) is 5.41 Å². The van der Waals surface area contributed by atoms with Crippen LogP contribution in [0.1, 0.15) is 26.5 Å². The van der Waals surface area contributed by atoms with E-state index in [0.717, 1.165) is 22.3 Å². The van der Waals surface area contributed by atoms with Crippen LogP contribution < -0.4 is 5.73 Å². The Kier molecular flexibility index (Phi) is 3.17. The molecule has 21 heavy (non-hydrogen) atoms. The fourth-order valence-corrected chi connectivity index (χ4v) is 2.45. The predicted molar refractivity (Wildman–Crippen MR) is 90.3 cm³/mol. The van der Waals surface area contributed by atoms with Crippen molar-refractivity contribution < 1.29 is 0 Å². The number of fused-ring (bicyclic) bond motifs is 1. The van der Waals surface area contributed by atoms with Gasteiger partial charge in [-0.3, -0.25) is 4.98 Å². The monoisotopic (exact) mass is 276 g/mol. The van der Waals surface area contributed by atoms with E-state index in [4.69, 9.17) is 10.7 Å². The van der Waals surface area contributed by atoms with Gasteiger partial charge in [-0.2, -0.15) is 0 Å². The number of aromatic nitrogens is 1. The highest BCUT2D eigenvalue weighted by Crippen LogP contribution is 2.30. The van der Waals surface area contributed by atoms with Gasteiger partial charge >= 0.3 is 0 Å². The summed E-state index contributed by atoms with van der Waals surface area (Å²) in [7, 11) is 0. The third kappa shape index (κ3) is 2.62. The van der Waals surface area contributed by atoms with Gasteiger partial charge in [0, 0.05) is 22.2 Å². The molecule has 0 aliphatic rings. The lowest BCUT2D eigenvalue weighted by molar-refractivity contribution is 0.572. The maximum Gasteiger partial charge on any atom is 0.0726 e. The lowest BCUT2D eigenvalue weighted by Crippen LogP contribution is -2.14. The maximum atomic E-state index is 6.26. The first-order chi connectivity index (χ1) is 9.95. The zero-order valence-electron chi connectivity index (χ0n) is 12.7. The summed E-state index contributed by atoms with van der Waals surface area (Å²) in [5.41, 5.74) is 11.4. The molecule has 1 aromatic heterocycles. The Labute approximate surface area is 125 Å². The molecule has 0 amide bonds. The van der Waals surface area contributed by atoms with E-state index in [1.165, 1.54) is 11.1 Å². The smallest absolute Gasteiger partial charge is 0.0726 e. The van der Waals surface area contributed by atoms with Crippen molar-refractivity contribution in [2.24, 2.45) is 0 Å². The molecule has 0 saturated carbocycles. The number of anilines is 1. The van der Waals surface area contributed by atoms with Gasteiger partial charge in [0.2, 0.25) is 0 Å². The fourth-order valence-electron chi connectivity index (χ4n) is 2.45. The van der Waals surface area contributed by atoms with E-state index in [0.29, 0.717) is 0 Å². The van der Waals surface area contributed by atoms with Crippen molar-refractivity contribution in [2.45, 2.75) is 26.2 Å². The highest BCUT2D eigenvalue weighted by molar-refractivity contribution is 5.93. The van der Waals surface area contributed by atoms with Crippen molar-refractivity contribution in [3.63, 3.8) is 0 Å². The molecule has 0 bridgehead atoms. The maximum absolute atomic E-state index is 6.26. The molecular weight excluding hydrogens is 256 g/mol. The molecule has 0 fully saturated rings. The molecule has 0 saturated heterocycles. The topological polar surface area (TPSA) is 38.9 Å². The van der Waals surface area contributed by atoms with Gasteiger partial charge in [0.25, 0.3) is 0 Å². The minimum Gasteiger partial charge on any atom is -0.398 e. The summed E-state index contributed by atoms with van der Waals surface area (Å²) in [4.78, 5) is 4.76. The molecule has 2 nitrogen and oxygen atoms in total. The number of hydrogen-bond acceptors (Lipinski definition) is 2. The Hall–Kier alpha value is -2.35. The third-order valence-electron chi connectivity index (χ3n) is 3.72. The van der Waals surface area contributed by atoms with Gasteiger partial charge in [0.15, 0.2) is 0 Å². The largest absolute Gasteiger partial charge is 0.398 e. The summed E-state index contributed by atoms with van der Waals surface area (Å²) >= 11 is 0. The van der Waals surface area contributed by atoms with Crippen LogP contribution in [0, 0.1) is 0 Å². The number of nitrogens with two attached hydrogens (primary N) is 1. The van der Waals surface area contributed by atoms with Crippen LogP contribution in [0.3, 0.4) is 0 Å². The second-order valence-corrected chi connectivity index (χ2v) is 6.44. The lowest BCUT2D eigenvalue weighted by atomic mass is 9.90. The molecule has 0 spiro atoms. The van der Waals surface area contributed by atoms with E-state index >= 15 is 0 Å². The molecule has 0 aliphatic heterocycles. The van der Waals surface area contributed by atoms with Crippen LogP contribution in [0.4, 0.5) is 5.69 Å². The summed E-state index contributed by atoms with van der Waals surface area (Å²) in [6.45, 7) is 6.46. The zero-order chi connectivity index (χ0) is 15.0.